The van der Waals surface area contributed by atoms with Crippen LogP contribution in [-0.2, 0) is 16.3 Å². The van der Waals surface area contributed by atoms with E-state index in [9.17, 15) is 17.2 Å². The molecule has 0 bridgehead atoms. The highest BCUT2D eigenvalue weighted by Gasteiger charge is 2.33. The van der Waals surface area contributed by atoms with E-state index in [1.165, 1.54) is 18.2 Å². The van der Waals surface area contributed by atoms with E-state index in [1.54, 1.807) is 20.8 Å². The Kier molecular flexibility index (Phi) is 6.05. The highest BCUT2D eigenvalue weighted by atomic mass is 32.2. The van der Waals surface area contributed by atoms with Crippen LogP contribution in [0.15, 0.2) is 18.2 Å². The lowest BCUT2D eigenvalue weighted by molar-refractivity contribution is 0.277. The molecule has 0 spiro atoms. The highest BCUT2D eigenvalue weighted by molar-refractivity contribution is 7.92. The molecule has 0 radical (unpaired) electrons. The van der Waals surface area contributed by atoms with E-state index in [0.717, 1.165) is 32.1 Å². The normalized spacial score (nSPS) is 22.5. The smallest absolute Gasteiger partial charge is 0.155 e. The molecular formula is C19H28F2O2S. The summed E-state index contributed by atoms with van der Waals surface area (Å²) in [5.41, 5.74) is 0.176. The number of rotatable bonds is 5. The van der Waals surface area contributed by atoms with Gasteiger partial charge in [-0.25, -0.2) is 17.2 Å². The van der Waals surface area contributed by atoms with Crippen LogP contribution in [0.1, 0.15) is 58.4 Å². The predicted octanol–water partition coefficient (Wildman–Crippen LogP) is 4.92. The molecule has 24 heavy (non-hydrogen) atoms. The van der Waals surface area contributed by atoms with Gasteiger partial charge >= 0.3 is 0 Å². The largest absolute Gasteiger partial charge is 0.228 e. The Bertz CT molecular complexity index is 634. The zero-order chi connectivity index (χ0) is 18.0. The minimum Gasteiger partial charge on any atom is -0.228 e. The van der Waals surface area contributed by atoms with Gasteiger partial charge in [-0.2, -0.15) is 0 Å². The van der Waals surface area contributed by atoms with Crippen molar-refractivity contribution >= 4 is 9.84 Å². The van der Waals surface area contributed by atoms with E-state index in [1.807, 2.05) is 0 Å². The van der Waals surface area contributed by atoms with E-state index in [4.69, 9.17) is 0 Å². The van der Waals surface area contributed by atoms with Gasteiger partial charge in [-0.05, 0) is 70.4 Å². The van der Waals surface area contributed by atoms with Gasteiger partial charge in [0.05, 0.1) is 10.5 Å². The first-order valence-electron chi connectivity index (χ1n) is 8.75. The molecule has 0 heterocycles. The first-order chi connectivity index (χ1) is 11.1. The summed E-state index contributed by atoms with van der Waals surface area (Å²) < 4.78 is 51.2. The first-order valence-corrected chi connectivity index (χ1v) is 10.4. The summed E-state index contributed by atoms with van der Waals surface area (Å²) in [6.07, 6.45) is 4.84. The zero-order valence-electron chi connectivity index (χ0n) is 14.8. The molecule has 1 aliphatic carbocycles. The van der Waals surface area contributed by atoms with Gasteiger partial charge in [0.2, 0.25) is 0 Å². The zero-order valence-corrected chi connectivity index (χ0v) is 15.6. The van der Waals surface area contributed by atoms with Crippen LogP contribution in [0.3, 0.4) is 0 Å². The van der Waals surface area contributed by atoms with Gasteiger partial charge in [0.15, 0.2) is 9.84 Å². The van der Waals surface area contributed by atoms with Crippen molar-refractivity contribution in [2.24, 2.45) is 11.8 Å². The van der Waals surface area contributed by atoms with E-state index < -0.39 is 26.2 Å². The van der Waals surface area contributed by atoms with Gasteiger partial charge < -0.3 is 0 Å². The van der Waals surface area contributed by atoms with Crippen molar-refractivity contribution in [1.82, 2.24) is 0 Å². The lowest BCUT2D eigenvalue weighted by Crippen LogP contribution is -2.34. The molecule has 2 nitrogen and oxygen atoms in total. The van der Waals surface area contributed by atoms with Crippen LogP contribution < -0.4 is 0 Å². The number of benzene rings is 1. The first kappa shape index (κ1) is 19.4. The molecule has 1 aliphatic rings. The molecule has 0 atom stereocenters. The maximum absolute atomic E-state index is 13.7. The average molecular weight is 358 g/mol. The molecule has 0 aromatic heterocycles. The van der Waals surface area contributed by atoms with E-state index in [-0.39, 0.29) is 17.2 Å². The van der Waals surface area contributed by atoms with Gasteiger partial charge in [-0.1, -0.05) is 18.9 Å². The summed E-state index contributed by atoms with van der Waals surface area (Å²) >= 11 is 0. The van der Waals surface area contributed by atoms with E-state index in [0.29, 0.717) is 12.3 Å². The number of sulfone groups is 1. The monoisotopic (exact) mass is 358 g/mol. The Balaban J connectivity index is 1.83. The topological polar surface area (TPSA) is 34.1 Å². The van der Waals surface area contributed by atoms with Crippen LogP contribution in [0.5, 0.6) is 0 Å². The molecule has 0 unspecified atom stereocenters. The fourth-order valence-electron chi connectivity index (χ4n) is 3.37. The van der Waals surface area contributed by atoms with Gasteiger partial charge in [0.1, 0.15) is 11.6 Å². The minimum atomic E-state index is -3.08. The Hall–Kier alpha value is -0.970. The molecule has 2 rings (SSSR count). The molecule has 0 amide bonds. The quantitative estimate of drug-likeness (QED) is 0.749. The molecular weight excluding hydrogens is 330 g/mol. The number of hydrogen-bond donors (Lipinski definition) is 0. The molecule has 136 valence electrons. The number of hydrogen-bond acceptors (Lipinski definition) is 2. The summed E-state index contributed by atoms with van der Waals surface area (Å²) in [5, 5.41) is 0. The van der Waals surface area contributed by atoms with Crippen LogP contribution in [0, 0.1) is 23.5 Å². The third-order valence-electron chi connectivity index (χ3n) is 5.22. The van der Waals surface area contributed by atoms with Crippen LogP contribution in [0.4, 0.5) is 8.78 Å². The number of halogens is 2. The van der Waals surface area contributed by atoms with Crippen molar-refractivity contribution in [2.45, 2.75) is 64.0 Å². The van der Waals surface area contributed by atoms with Crippen molar-refractivity contribution in [3.63, 3.8) is 0 Å². The van der Waals surface area contributed by atoms with Crippen molar-refractivity contribution in [2.75, 3.05) is 5.75 Å². The minimum absolute atomic E-state index is 0.176. The standard InChI is InChI=1S/C19H28F2O2S/c1-19(2,3)24(22,23)13-15-9-7-14(8-10-15)11-12-16-17(20)5-4-6-18(16)21/h4-6,14-15H,7-13H2,1-3H3. The predicted molar refractivity (Wildman–Crippen MR) is 93.7 cm³/mol. The third kappa shape index (κ3) is 4.78. The van der Waals surface area contributed by atoms with Crippen molar-refractivity contribution in [3.8, 4) is 0 Å². The second-order valence-electron chi connectivity index (χ2n) is 8.02. The van der Waals surface area contributed by atoms with Gasteiger partial charge in [0.25, 0.3) is 0 Å². The summed E-state index contributed by atoms with van der Waals surface area (Å²) in [5.74, 6) is -0.0429. The molecule has 1 saturated carbocycles. The summed E-state index contributed by atoms with van der Waals surface area (Å²) in [4.78, 5) is 0. The Morgan fingerprint density at radius 3 is 2.00 bits per heavy atom. The lowest BCUT2D eigenvalue weighted by Gasteiger charge is -2.30. The second kappa shape index (κ2) is 7.51. The van der Waals surface area contributed by atoms with Crippen LogP contribution in [0.25, 0.3) is 0 Å². The summed E-state index contributed by atoms with van der Waals surface area (Å²) in [7, 11) is -3.08. The molecule has 5 heteroatoms. The van der Waals surface area contributed by atoms with Gasteiger partial charge in [0, 0.05) is 5.56 Å². The lowest BCUT2D eigenvalue weighted by atomic mass is 9.80. The fourth-order valence-corrected chi connectivity index (χ4v) is 4.82. The van der Waals surface area contributed by atoms with Crippen LogP contribution in [-0.4, -0.2) is 18.9 Å². The second-order valence-corrected chi connectivity index (χ2v) is 10.8. The SMILES string of the molecule is CC(C)(C)S(=O)(=O)CC1CCC(CCc2c(F)cccc2F)CC1. The highest BCUT2D eigenvalue weighted by Crippen LogP contribution is 2.34. The molecule has 1 fully saturated rings. The van der Waals surface area contributed by atoms with E-state index in [2.05, 4.69) is 0 Å². The average Bonchev–Trinajstić information content (AvgIpc) is 2.47. The molecule has 0 aliphatic heterocycles. The Morgan fingerprint density at radius 2 is 1.50 bits per heavy atom. The third-order valence-corrected chi connectivity index (χ3v) is 7.99. The maximum Gasteiger partial charge on any atom is 0.155 e. The fraction of sp³-hybridized carbons (Fsp3) is 0.684. The van der Waals surface area contributed by atoms with Crippen molar-refractivity contribution in [3.05, 3.63) is 35.4 Å². The van der Waals surface area contributed by atoms with Crippen LogP contribution in [0.2, 0.25) is 0 Å². The van der Waals surface area contributed by atoms with Gasteiger partial charge in [-0.15, -0.1) is 0 Å². The summed E-state index contributed by atoms with van der Waals surface area (Å²) in [6.45, 7) is 5.24. The Morgan fingerprint density at radius 1 is 1.00 bits per heavy atom. The van der Waals surface area contributed by atoms with Crippen molar-refractivity contribution < 1.29 is 17.2 Å². The molecule has 1 aromatic carbocycles. The molecule has 0 saturated heterocycles. The van der Waals surface area contributed by atoms with E-state index >= 15 is 0 Å². The van der Waals surface area contributed by atoms with Crippen molar-refractivity contribution in [1.29, 1.82) is 0 Å². The van der Waals surface area contributed by atoms with Crippen LogP contribution >= 0.6 is 0 Å². The molecule has 1 aromatic rings. The molecule has 0 N–H and O–H groups in total. The maximum atomic E-state index is 13.7. The van der Waals surface area contributed by atoms with Gasteiger partial charge in [-0.3, -0.25) is 0 Å². The summed E-state index contributed by atoms with van der Waals surface area (Å²) in [6, 6.07) is 3.98. The Labute approximate surface area is 144 Å².